The van der Waals surface area contributed by atoms with E-state index in [1.165, 1.54) is 16.2 Å². The smallest absolute Gasteiger partial charge is 0.271 e. The van der Waals surface area contributed by atoms with Crippen molar-refractivity contribution in [1.82, 2.24) is 4.90 Å². The monoisotopic (exact) mass is 259 g/mol. The highest BCUT2D eigenvalue weighted by Crippen LogP contribution is 2.37. The number of unbranched alkanes of at least 4 members (excludes halogenated alkanes) is 1. The molecule has 0 fully saturated rings. The molecule has 1 aromatic carbocycles. The van der Waals surface area contributed by atoms with Gasteiger partial charge in [0.25, 0.3) is 11.8 Å². The van der Waals surface area contributed by atoms with Gasteiger partial charge in [0.15, 0.2) is 0 Å². The maximum absolute atomic E-state index is 12.3. The van der Waals surface area contributed by atoms with Crippen LogP contribution in [0.5, 0.6) is 0 Å². The van der Waals surface area contributed by atoms with Crippen LogP contribution in [0.25, 0.3) is 10.1 Å². The molecule has 2 heterocycles. The summed E-state index contributed by atoms with van der Waals surface area (Å²) in [6, 6.07) is 7.70. The molecule has 0 bridgehead atoms. The molecule has 3 nitrogen and oxygen atoms in total. The summed E-state index contributed by atoms with van der Waals surface area (Å²) in [4.78, 5) is 26.5. The number of hydrogen-bond acceptors (Lipinski definition) is 3. The molecule has 0 unspecified atom stereocenters. The number of rotatable bonds is 3. The maximum Gasteiger partial charge on any atom is 0.271 e. The second-order valence-electron chi connectivity index (χ2n) is 4.42. The van der Waals surface area contributed by atoms with Gasteiger partial charge in [0, 0.05) is 16.6 Å². The minimum atomic E-state index is -0.124. The first-order valence-electron chi connectivity index (χ1n) is 6.11. The van der Waals surface area contributed by atoms with Crippen LogP contribution in [-0.2, 0) is 0 Å². The molecule has 0 aliphatic carbocycles. The number of carbonyl (C=O) groups excluding carboxylic acids is 2. The van der Waals surface area contributed by atoms with Crippen molar-refractivity contribution >= 4 is 33.2 Å². The Hall–Kier alpha value is -1.68. The van der Waals surface area contributed by atoms with Gasteiger partial charge in [0.1, 0.15) is 4.88 Å². The van der Waals surface area contributed by atoms with Crippen molar-refractivity contribution in [2.75, 3.05) is 6.54 Å². The SMILES string of the molecule is CCCCN1C(=O)c2sc3ccccc3c2C1=O. The third kappa shape index (κ3) is 1.49. The zero-order chi connectivity index (χ0) is 12.7. The molecule has 0 spiro atoms. The van der Waals surface area contributed by atoms with Crippen molar-refractivity contribution in [2.45, 2.75) is 19.8 Å². The Kier molecular flexibility index (Phi) is 2.67. The lowest BCUT2D eigenvalue weighted by Crippen LogP contribution is -2.30. The van der Waals surface area contributed by atoms with Gasteiger partial charge < -0.3 is 0 Å². The highest BCUT2D eigenvalue weighted by atomic mass is 32.1. The first kappa shape index (κ1) is 11.4. The third-order valence-corrected chi connectivity index (χ3v) is 4.39. The average Bonchev–Trinajstić information content (AvgIpc) is 2.86. The Balaban J connectivity index is 2.09. The summed E-state index contributed by atoms with van der Waals surface area (Å²) >= 11 is 1.42. The zero-order valence-electron chi connectivity index (χ0n) is 10.1. The molecule has 2 amide bonds. The van der Waals surface area contributed by atoms with Gasteiger partial charge in [0.2, 0.25) is 0 Å². The van der Waals surface area contributed by atoms with E-state index < -0.39 is 0 Å². The van der Waals surface area contributed by atoms with Crippen LogP contribution in [-0.4, -0.2) is 23.3 Å². The molecule has 0 radical (unpaired) electrons. The van der Waals surface area contributed by atoms with Crippen LogP contribution in [0.1, 0.15) is 39.8 Å². The Morgan fingerprint density at radius 2 is 1.94 bits per heavy atom. The van der Waals surface area contributed by atoms with Crippen LogP contribution >= 0.6 is 11.3 Å². The van der Waals surface area contributed by atoms with Crippen molar-refractivity contribution in [1.29, 1.82) is 0 Å². The van der Waals surface area contributed by atoms with Crippen molar-refractivity contribution < 1.29 is 9.59 Å². The number of thiophene rings is 1. The van der Waals surface area contributed by atoms with E-state index in [2.05, 4.69) is 6.92 Å². The third-order valence-electron chi connectivity index (χ3n) is 3.23. The van der Waals surface area contributed by atoms with Crippen molar-refractivity contribution in [2.24, 2.45) is 0 Å². The molecule has 2 aromatic rings. The Morgan fingerprint density at radius 1 is 1.17 bits per heavy atom. The maximum atomic E-state index is 12.3. The molecule has 0 saturated heterocycles. The summed E-state index contributed by atoms with van der Waals surface area (Å²) in [6.45, 7) is 2.58. The molecular weight excluding hydrogens is 246 g/mol. The van der Waals surface area contributed by atoms with Gasteiger partial charge in [-0.3, -0.25) is 14.5 Å². The number of imide groups is 1. The van der Waals surface area contributed by atoms with E-state index in [4.69, 9.17) is 0 Å². The number of hydrogen-bond donors (Lipinski definition) is 0. The fourth-order valence-electron chi connectivity index (χ4n) is 2.28. The van der Waals surface area contributed by atoms with Crippen molar-refractivity contribution in [3.05, 3.63) is 34.7 Å². The molecule has 0 atom stereocenters. The van der Waals surface area contributed by atoms with Crippen molar-refractivity contribution in [3.63, 3.8) is 0 Å². The molecule has 0 saturated carbocycles. The van der Waals surface area contributed by atoms with Crippen LogP contribution in [0.4, 0.5) is 0 Å². The highest BCUT2D eigenvalue weighted by Gasteiger charge is 2.38. The summed E-state index contributed by atoms with van der Waals surface area (Å²) in [5, 5.41) is 0.912. The van der Waals surface area contributed by atoms with E-state index in [9.17, 15) is 9.59 Å². The predicted octanol–water partition coefficient (Wildman–Crippen LogP) is 3.30. The molecule has 18 heavy (non-hydrogen) atoms. The van der Waals surface area contributed by atoms with E-state index in [-0.39, 0.29) is 11.8 Å². The lowest BCUT2D eigenvalue weighted by atomic mass is 10.1. The summed E-state index contributed by atoms with van der Waals surface area (Å²) in [7, 11) is 0. The fraction of sp³-hybridized carbons (Fsp3) is 0.286. The Labute approximate surface area is 109 Å². The zero-order valence-corrected chi connectivity index (χ0v) is 10.9. The minimum absolute atomic E-state index is 0.121. The summed E-state index contributed by atoms with van der Waals surface area (Å²) in [5.74, 6) is -0.245. The average molecular weight is 259 g/mol. The van der Waals surface area contributed by atoms with Crippen LogP contribution < -0.4 is 0 Å². The van der Waals surface area contributed by atoms with E-state index >= 15 is 0 Å². The van der Waals surface area contributed by atoms with Crippen LogP contribution in [0.2, 0.25) is 0 Å². The van der Waals surface area contributed by atoms with Crippen molar-refractivity contribution in [3.8, 4) is 0 Å². The lowest BCUT2D eigenvalue weighted by molar-refractivity contribution is 0.0654. The minimum Gasteiger partial charge on any atom is -0.274 e. The number of fused-ring (bicyclic) bond motifs is 3. The lowest BCUT2D eigenvalue weighted by Gasteiger charge is -2.12. The second kappa shape index (κ2) is 4.21. The van der Waals surface area contributed by atoms with Crippen LogP contribution in [0.15, 0.2) is 24.3 Å². The normalized spacial score (nSPS) is 14.6. The predicted molar refractivity (Wildman–Crippen MR) is 72.1 cm³/mol. The summed E-state index contributed by atoms with van der Waals surface area (Å²) in [6.07, 6.45) is 1.84. The molecule has 1 aromatic heterocycles. The Morgan fingerprint density at radius 3 is 2.72 bits per heavy atom. The van der Waals surface area contributed by atoms with Gasteiger partial charge in [-0.25, -0.2) is 0 Å². The standard InChI is InChI=1S/C14H13NO2S/c1-2-3-8-15-13(16)11-9-6-4-5-7-10(9)18-12(11)14(15)17/h4-7H,2-3,8H2,1H3. The number of nitrogens with zero attached hydrogens (tertiary/aromatic N) is 1. The highest BCUT2D eigenvalue weighted by molar-refractivity contribution is 7.21. The molecule has 3 rings (SSSR count). The number of amides is 2. The molecule has 4 heteroatoms. The van der Waals surface area contributed by atoms with Gasteiger partial charge in [-0.1, -0.05) is 31.5 Å². The number of benzene rings is 1. The van der Waals surface area contributed by atoms with Crippen LogP contribution in [0.3, 0.4) is 0 Å². The quantitative estimate of drug-likeness (QED) is 0.793. The molecular formula is C14H13NO2S. The summed E-state index contributed by atoms with van der Waals surface area (Å²) < 4.78 is 1.01. The van der Waals surface area contributed by atoms with E-state index in [1.54, 1.807) is 0 Å². The first-order chi connectivity index (χ1) is 8.74. The summed E-state index contributed by atoms with van der Waals surface area (Å²) in [5.41, 5.74) is 0.608. The van der Waals surface area contributed by atoms with Gasteiger partial charge in [-0.2, -0.15) is 0 Å². The van der Waals surface area contributed by atoms with Gasteiger partial charge in [-0.05, 0) is 12.5 Å². The van der Waals surface area contributed by atoms with Gasteiger partial charge >= 0.3 is 0 Å². The van der Waals surface area contributed by atoms with E-state index in [1.807, 2.05) is 24.3 Å². The Bertz CT molecular complexity index is 644. The van der Waals surface area contributed by atoms with Crippen LogP contribution in [0, 0.1) is 0 Å². The number of carbonyl (C=O) groups is 2. The molecule has 0 N–H and O–H groups in total. The van der Waals surface area contributed by atoms with Gasteiger partial charge in [-0.15, -0.1) is 11.3 Å². The topological polar surface area (TPSA) is 37.4 Å². The fourth-order valence-corrected chi connectivity index (χ4v) is 3.42. The molecule has 92 valence electrons. The van der Waals surface area contributed by atoms with E-state index in [0.29, 0.717) is 17.0 Å². The van der Waals surface area contributed by atoms with Gasteiger partial charge in [0.05, 0.1) is 5.56 Å². The first-order valence-corrected chi connectivity index (χ1v) is 6.93. The van der Waals surface area contributed by atoms with E-state index in [0.717, 1.165) is 22.9 Å². The molecule has 1 aliphatic rings. The molecule has 1 aliphatic heterocycles. The largest absolute Gasteiger partial charge is 0.274 e. The second-order valence-corrected chi connectivity index (χ2v) is 5.47.